The molecule has 28 heavy (non-hydrogen) atoms. The highest BCUT2D eigenvalue weighted by atomic mass is 35.5. The Morgan fingerprint density at radius 3 is 2.43 bits per heavy atom. The molecule has 2 aromatic rings. The summed E-state index contributed by atoms with van der Waals surface area (Å²) >= 11 is 6.01. The van der Waals surface area contributed by atoms with Crippen LogP contribution in [0.5, 0.6) is 0 Å². The normalized spacial score (nSPS) is 20.6. The Morgan fingerprint density at radius 1 is 1.04 bits per heavy atom. The van der Waals surface area contributed by atoms with Gasteiger partial charge in [-0.3, -0.25) is 9.69 Å². The van der Waals surface area contributed by atoms with Crippen molar-refractivity contribution in [1.29, 1.82) is 0 Å². The van der Waals surface area contributed by atoms with E-state index in [1.165, 1.54) is 4.31 Å². The fourth-order valence-electron chi connectivity index (χ4n) is 3.58. The van der Waals surface area contributed by atoms with Crippen LogP contribution in [0.25, 0.3) is 11.1 Å². The Kier molecular flexibility index (Phi) is 4.86. The number of carbonyl (C=O) groups excluding carboxylic acids is 2. The Hall–Kier alpha value is -2.42. The molecular weight excluding hydrogens is 402 g/mol. The van der Waals surface area contributed by atoms with Crippen LogP contribution in [0.4, 0.5) is 4.79 Å². The second-order valence-corrected chi connectivity index (χ2v) is 9.14. The molecule has 1 N–H and O–H groups in total. The molecule has 9 heteroatoms. The highest BCUT2D eigenvalue weighted by molar-refractivity contribution is 7.89. The minimum Gasteiger partial charge on any atom is -0.329 e. The molecule has 146 valence electrons. The van der Waals surface area contributed by atoms with Crippen molar-refractivity contribution >= 4 is 33.6 Å². The number of hydrogen-bond acceptors (Lipinski definition) is 4. The Balaban J connectivity index is 1.52. The molecule has 3 amide bonds. The number of carbonyl (C=O) groups is 2. The quantitative estimate of drug-likeness (QED) is 0.770. The predicted octanol–water partition coefficient (Wildman–Crippen LogP) is 2.32. The number of sulfonamides is 1. The summed E-state index contributed by atoms with van der Waals surface area (Å²) < 4.78 is 27.2. The maximum atomic E-state index is 13.0. The number of amides is 3. The van der Waals surface area contributed by atoms with E-state index in [9.17, 15) is 18.0 Å². The maximum Gasteiger partial charge on any atom is 0.324 e. The van der Waals surface area contributed by atoms with Crippen molar-refractivity contribution in [1.82, 2.24) is 14.5 Å². The molecule has 2 aromatic carbocycles. The van der Waals surface area contributed by atoms with E-state index < -0.39 is 22.1 Å². The van der Waals surface area contributed by atoms with E-state index in [4.69, 9.17) is 11.6 Å². The summed E-state index contributed by atoms with van der Waals surface area (Å²) in [6, 6.07) is 13.0. The van der Waals surface area contributed by atoms with Crippen LogP contribution in [0.2, 0.25) is 5.02 Å². The van der Waals surface area contributed by atoms with Crippen LogP contribution >= 0.6 is 11.6 Å². The third kappa shape index (κ3) is 3.39. The number of nitrogens with zero attached hydrogens (tertiary/aromatic N) is 2. The van der Waals surface area contributed by atoms with Gasteiger partial charge in [-0.05, 0) is 41.8 Å². The zero-order chi connectivity index (χ0) is 19.9. The van der Waals surface area contributed by atoms with Crippen LogP contribution in [0, 0.1) is 0 Å². The zero-order valence-corrected chi connectivity index (χ0v) is 16.4. The topological polar surface area (TPSA) is 86.8 Å². The lowest BCUT2D eigenvalue weighted by Gasteiger charge is -2.21. The van der Waals surface area contributed by atoms with Gasteiger partial charge in [0.2, 0.25) is 15.9 Å². The Morgan fingerprint density at radius 2 is 1.79 bits per heavy atom. The SMILES string of the molecule is O=C1CNC(=O)N1C1CCN(S(=O)(=O)c2ccc(-c3cccc(Cl)c3)cc2)C1. The summed E-state index contributed by atoms with van der Waals surface area (Å²) in [6.45, 7) is 0.338. The summed E-state index contributed by atoms with van der Waals surface area (Å²) in [5.74, 6) is -0.319. The maximum absolute atomic E-state index is 13.0. The first-order valence-electron chi connectivity index (χ1n) is 8.82. The van der Waals surface area contributed by atoms with Crippen LogP contribution in [0.3, 0.4) is 0 Å². The van der Waals surface area contributed by atoms with Crippen molar-refractivity contribution in [2.75, 3.05) is 19.6 Å². The van der Waals surface area contributed by atoms with Crippen LogP contribution < -0.4 is 5.32 Å². The molecule has 0 aliphatic carbocycles. The van der Waals surface area contributed by atoms with Gasteiger partial charge >= 0.3 is 6.03 Å². The van der Waals surface area contributed by atoms with Gasteiger partial charge in [0.05, 0.1) is 17.5 Å². The Labute approximate surface area is 167 Å². The number of imide groups is 1. The lowest BCUT2D eigenvalue weighted by Crippen LogP contribution is -2.42. The van der Waals surface area contributed by atoms with Crippen LogP contribution in [-0.2, 0) is 14.8 Å². The van der Waals surface area contributed by atoms with Crippen molar-refractivity contribution in [3.8, 4) is 11.1 Å². The van der Waals surface area contributed by atoms with Crippen molar-refractivity contribution in [2.24, 2.45) is 0 Å². The fourth-order valence-corrected chi connectivity index (χ4v) is 5.26. The lowest BCUT2D eigenvalue weighted by atomic mass is 10.1. The summed E-state index contributed by atoms with van der Waals surface area (Å²) in [7, 11) is -3.71. The summed E-state index contributed by atoms with van der Waals surface area (Å²) in [4.78, 5) is 25.0. The monoisotopic (exact) mass is 419 g/mol. The van der Waals surface area contributed by atoms with Crippen LogP contribution in [0.1, 0.15) is 6.42 Å². The van der Waals surface area contributed by atoms with Gasteiger partial charge in [-0.15, -0.1) is 0 Å². The standard InChI is InChI=1S/C19H18ClN3O4S/c20-15-3-1-2-14(10-15)13-4-6-17(7-5-13)28(26,27)22-9-8-16(12-22)23-18(24)11-21-19(23)25/h1-7,10,16H,8-9,11-12H2,(H,21,25). The summed E-state index contributed by atoms with van der Waals surface area (Å²) in [5, 5.41) is 3.08. The summed E-state index contributed by atoms with van der Waals surface area (Å²) in [5.41, 5.74) is 1.76. The average Bonchev–Trinajstić information content (AvgIpc) is 3.29. The van der Waals surface area contributed by atoms with Gasteiger partial charge < -0.3 is 5.32 Å². The predicted molar refractivity (Wildman–Crippen MR) is 104 cm³/mol. The van der Waals surface area contributed by atoms with E-state index in [0.717, 1.165) is 16.0 Å². The lowest BCUT2D eigenvalue weighted by molar-refractivity contribution is -0.126. The number of rotatable bonds is 4. The molecule has 2 fully saturated rings. The molecule has 1 unspecified atom stereocenters. The van der Waals surface area contributed by atoms with Gasteiger partial charge in [0.15, 0.2) is 0 Å². The molecule has 2 aliphatic rings. The van der Waals surface area contributed by atoms with Gasteiger partial charge in [0, 0.05) is 18.1 Å². The first-order chi connectivity index (χ1) is 13.4. The molecule has 0 spiro atoms. The summed E-state index contributed by atoms with van der Waals surface area (Å²) in [6.07, 6.45) is 0.430. The van der Waals surface area contributed by atoms with Crippen LogP contribution in [0.15, 0.2) is 53.4 Å². The number of urea groups is 1. The first-order valence-corrected chi connectivity index (χ1v) is 10.6. The second-order valence-electron chi connectivity index (χ2n) is 6.76. The van der Waals surface area contributed by atoms with Crippen molar-refractivity contribution < 1.29 is 18.0 Å². The fraction of sp³-hybridized carbons (Fsp3) is 0.263. The third-order valence-electron chi connectivity index (χ3n) is 5.02. The molecule has 4 rings (SSSR count). The molecule has 2 aliphatic heterocycles. The van der Waals surface area contributed by atoms with Crippen molar-refractivity contribution in [3.63, 3.8) is 0 Å². The number of nitrogens with one attached hydrogen (secondary N) is 1. The van der Waals surface area contributed by atoms with Crippen LogP contribution in [-0.4, -0.2) is 55.2 Å². The molecule has 0 bridgehead atoms. The Bertz CT molecular complexity index is 1020. The highest BCUT2D eigenvalue weighted by Gasteiger charge is 2.41. The highest BCUT2D eigenvalue weighted by Crippen LogP contribution is 2.28. The van der Waals surface area contributed by atoms with E-state index in [1.54, 1.807) is 30.3 Å². The molecule has 1 atom stereocenters. The molecule has 0 radical (unpaired) electrons. The van der Waals surface area contributed by atoms with E-state index in [-0.39, 0.29) is 30.4 Å². The van der Waals surface area contributed by atoms with Gasteiger partial charge in [-0.25, -0.2) is 13.2 Å². The largest absolute Gasteiger partial charge is 0.329 e. The number of benzene rings is 2. The second kappa shape index (κ2) is 7.20. The minimum atomic E-state index is -3.71. The molecule has 2 saturated heterocycles. The van der Waals surface area contributed by atoms with Crippen molar-refractivity contribution in [2.45, 2.75) is 17.4 Å². The van der Waals surface area contributed by atoms with Gasteiger partial charge in [-0.1, -0.05) is 35.9 Å². The molecule has 0 saturated carbocycles. The third-order valence-corrected chi connectivity index (χ3v) is 7.13. The molecule has 0 aromatic heterocycles. The van der Waals surface area contributed by atoms with Gasteiger partial charge in [0.1, 0.15) is 0 Å². The molecular formula is C19H18ClN3O4S. The molecule has 7 nitrogen and oxygen atoms in total. The van der Waals surface area contributed by atoms with Crippen molar-refractivity contribution in [3.05, 3.63) is 53.6 Å². The van der Waals surface area contributed by atoms with Gasteiger partial charge in [0.25, 0.3) is 0 Å². The van der Waals surface area contributed by atoms with E-state index >= 15 is 0 Å². The van der Waals surface area contributed by atoms with E-state index in [2.05, 4.69) is 5.32 Å². The minimum absolute atomic E-state index is 0.0347. The van der Waals surface area contributed by atoms with E-state index in [1.807, 2.05) is 18.2 Å². The first kappa shape index (κ1) is 18.9. The zero-order valence-electron chi connectivity index (χ0n) is 14.8. The molecule has 2 heterocycles. The average molecular weight is 420 g/mol. The van der Waals surface area contributed by atoms with E-state index in [0.29, 0.717) is 11.4 Å². The van der Waals surface area contributed by atoms with Gasteiger partial charge in [-0.2, -0.15) is 4.31 Å². The number of halogens is 1. The number of hydrogen-bond donors (Lipinski definition) is 1. The smallest absolute Gasteiger partial charge is 0.324 e.